The average molecular weight is 410 g/mol. The first-order valence-corrected chi connectivity index (χ1v) is 10.9. The third-order valence-corrected chi connectivity index (χ3v) is 6.47. The molecule has 2 aromatic rings. The van der Waals surface area contributed by atoms with E-state index in [0.29, 0.717) is 39.4 Å². The Morgan fingerprint density at radius 3 is 2.27 bits per heavy atom. The number of nitrogens with zero attached hydrogens (tertiary/aromatic N) is 3. The molecule has 1 aromatic heterocycles. The van der Waals surface area contributed by atoms with Gasteiger partial charge in [0.15, 0.2) is 0 Å². The first-order chi connectivity index (χ1) is 14.5. The first-order valence-electron chi connectivity index (χ1n) is 10.9. The summed E-state index contributed by atoms with van der Waals surface area (Å²) < 4.78 is 7.51. The van der Waals surface area contributed by atoms with Crippen molar-refractivity contribution in [3.8, 4) is 5.69 Å². The summed E-state index contributed by atoms with van der Waals surface area (Å²) in [6.07, 6.45) is 1.47. The lowest BCUT2D eigenvalue weighted by Gasteiger charge is -2.35. The maximum Gasteiger partial charge on any atom is 0.255 e. The molecule has 4 rings (SSSR count). The van der Waals surface area contributed by atoms with Crippen molar-refractivity contribution in [1.29, 1.82) is 0 Å². The number of aromatic nitrogens is 1. The van der Waals surface area contributed by atoms with Gasteiger partial charge in [-0.2, -0.15) is 0 Å². The molecule has 2 fully saturated rings. The average Bonchev–Trinajstić information content (AvgIpc) is 3.07. The van der Waals surface area contributed by atoms with Gasteiger partial charge in [0.25, 0.3) is 5.91 Å². The van der Waals surface area contributed by atoms with Crippen LogP contribution in [0.3, 0.4) is 0 Å². The highest BCUT2D eigenvalue weighted by molar-refractivity contribution is 5.96. The molecule has 0 atom stereocenters. The zero-order chi connectivity index (χ0) is 21.3. The van der Waals surface area contributed by atoms with Crippen LogP contribution in [0.5, 0.6) is 0 Å². The van der Waals surface area contributed by atoms with E-state index in [1.165, 1.54) is 5.56 Å². The van der Waals surface area contributed by atoms with Crippen molar-refractivity contribution in [2.45, 2.75) is 33.6 Å². The molecule has 2 saturated heterocycles. The van der Waals surface area contributed by atoms with Crippen LogP contribution in [0.1, 0.15) is 40.2 Å². The van der Waals surface area contributed by atoms with Crippen LogP contribution in [0.25, 0.3) is 5.69 Å². The van der Waals surface area contributed by atoms with Gasteiger partial charge in [0, 0.05) is 49.2 Å². The van der Waals surface area contributed by atoms with Crippen molar-refractivity contribution in [1.82, 2.24) is 14.4 Å². The van der Waals surface area contributed by atoms with E-state index in [1.54, 1.807) is 0 Å². The summed E-state index contributed by atoms with van der Waals surface area (Å²) in [7, 11) is 0. The number of benzene rings is 1. The fourth-order valence-corrected chi connectivity index (χ4v) is 4.71. The standard InChI is InChI=1S/C24H31N3O3/c1-17-6-4-5-7-22(17)27-18(2)16-21(19(27)3)24(29)25-10-8-20(9-11-25)23(28)26-12-14-30-15-13-26/h4-7,16,20H,8-15H2,1-3H3. The number of piperidine rings is 1. The van der Waals surface area contributed by atoms with E-state index in [-0.39, 0.29) is 17.7 Å². The summed E-state index contributed by atoms with van der Waals surface area (Å²) in [6.45, 7) is 10.0. The number of hydrogen-bond donors (Lipinski definition) is 0. The van der Waals surface area contributed by atoms with Crippen LogP contribution in [-0.2, 0) is 9.53 Å². The highest BCUT2D eigenvalue weighted by Crippen LogP contribution is 2.26. The van der Waals surface area contributed by atoms with Gasteiger partial charge >= 0.3 is 0 Å². The molecule has 1 aromatic carbocycles. The molecule has 0 saturated carbocycles. The number of rotatable bonds is 3. The van der Waals surface area contributed by atoms with Gasteiger partial charge in [-0.25, -0.2) is 0 Å². The first kappa shape index (κ1) is 20.7. The molecule has 2 aliphatic heterocycles. The lowest BCUT2D eigenvalue weighted by atomic mass is 9.94. The topological polar surface area (TPSA) is 54.8 Å². The van der Waals surface area contributed by atoms with Gasteiger partial charge in [-0.05, 0) is 51.3 Å². The fraction of sp³-hybridized carbons (Fsp3) is 0.500. The number of carbonyl (C=O) groups is 2. The highest BCUT2D eigenvalue weighted by atomic mass is 16.5. The Labute approximate surface area is 178 Å². The van der Waals surface area contributed by atoms with Gasteiger partial charge < -0.3 is 19.1 Å². The Bertz CT molecular complexity index is 935. The van der Waals surface area contributed by atoms with Crippen LogP contribution < -0.4 is 0 Å². The highest BCUT2D eigenvalue weighted by Gasteiger charge is 2.32. The number of carbonyl (C=O) groups excluding carboxylic acids is 2. The van der Waals surface area contributed by atoms with Crippen LogP contribution >= 0.6 is 0 Å². The summed E-state index contributed by atoms with van der Waals surface area (Å²) in [5.41, 5.74) is 5.08. The predicted molar refractivity (Wildman–Crippen MR) is 116 cm³/mol. The fourth-order valence-electron chi connectivity index (χ4n) is 4.71. The van der Waals surface area contributed by atoms with Crippen molar-refractivity contribution < 1.29 is 14.3 Å². The molecular formula is C24H31N3O3. The van der Waals surface area contributed by atoms with Gasteiger partial charge in [-0.15, -0.1) is 0 Å². The summed E-state index contributed by atoms with van der Waals surface area (Å²) in [5.74, 6) is 0.315. The van der Waals surface area contributed by atoms with E-state index >= 15 is 0 Å². The zero-order valence-corrected chi connectivity index (χ0v) is 18.2. The molecule has 2 aliphatic rings. The Kier molecular flexibility index (Phi) is 5.95. The van der Waals surface area contributed by atoms with Gasteiger partial charge in [0.05, 0.1) is 18.8 Å². The number of para-hydroxylation sites is 1. The van der Waals surface area contributed by atoms with Crippen molar-refractivity contribution in [3.63, 3.8) is 0 Å². The minimum atomic E-state index is 0.0200. The van der Waals surface area contributed by atoms with Crippen molar-refractivity contribution in [3.05, 3.63) is 52.8 Å². The second kappa shape index (κ2) is 8.64. The van der Waals surface area contributed by atoms with Crippen LogP contribution in [0.15, 0.2) is 30.3 Å². The molecule has 6 nitrogen and oxygen atoms in total. The number of amides is 2. The Balaban J connectivity index is 1.45. The minimum absolute atomic E-state index is 0.0200. The number of morpholine rings is 1. The molecule has 0 bridgehead atoms. The number of aryl methyl sites for hydroxylation is 2. The third-order valence-electron chi connectivity index (χ3n) is 6.47. The molecule has 2 amide bonds. The maximum atomic E-state index is 13.3. The normalized spacial score (nSPS) is 18.0. The molecule has 3 heterocycles. The Morgan fingerprint density at radius 1 is 0.933 bits per heavy atom. The number of hydrogen-bond acceptors (Lipinski definition) is 3. The van der Waals surface area contributed by atoms with E-state index in [2.05, 4.69) is 23.6 Å². The number of ether oxygens (including phenoxy) is 1. The zero-order valence-electron chi connectivity index (χ0n) is 18.2. The van der Waals surface area contributed by atoms with Crippen molar-refractivity contribution in [2.75, 3.05) is 39.4 Å². The Morgan fingerprint density at radius 2 is 1.60 bits per heavy atom. The van der Waals surface area contributed by atoms with E-state index in [4.69, 9.17) is 4.74 Å². The molecular weight excluding hydrogens is 378 g/mol. The monoisotopic (exact) mass is 409 g/mol. The van der Waals surface area contributed by atoms with Crippen molar-refractivity contribution in [2.24, 2.45) is 5.92 Å². The summed E-state index contributed by atoms with van der Waals surface area (Å²) in [6, 6.07) is 10.2. The van der Waals surface area contributed by atoms with Crippen molar-refractivity contribution >= 4 is 11.8 Å². The van der Waals surface area contributed by atoms with Crippen LogP contribution in [0, 0.1) is 26.7 Å². The molecule has 0 N–H and O–H groups in total. The predicted octanol–water partition coefficient (Wildman–Crippen LogP) is 3.11. The lowest BCUT2D eigenvalue weighted by Crippen LogP contribution is -2.47. The van der Waals surface area contributed by atoms with Gasteiger partial charge in [0.1, 0.15) is 0 Å². The van der Waals surface area contributed by atoms with Crippen LogP contribution in [0.2, 0.25) is 0 Å². The second-order valence-electron chi connectivity index (χ2n) is 8.41. The molecule has 160 valence electrons. The van der Waals surface area contributed by atoms with Gasteiger partial charge in [-0.1, -0.05) is 18.2 Å². The molecule has 0 spiro atoms. The summed E-state index contributed by atoms with van der Waals surface area (Å²) >= 11 is 0. The maximum absolute atomic E-state index is 13.3. The van der Waals surface area contributed by atoms with Gasteiger partial charge in [-0.3, -0.25) is 9.59 Å². The third kappa shape index (κ3) is 3.88. The second-order valence-corrected chi connectivity index (χ2v) is 8.41. The molecule has 30 heavy (non-hydrogen) atoms. The summed E-state index contributed by atoms with van der Waals surface area (Å²) in [4.78, 5) is 29.9. The van der Waals surface area contributed by atoms with Crippen LogP contribution in [0.4, 0.5) is 0 Å². The smallest absolute Gasteiger partial charge is 0.255 e. The number of likely N-dealkylation sites (tertiary alicyclic amines) is 1. The minimum Gasteiger partial charge on any atom is -0.378 e. The molecule has 0 unspecified atom stereocenters. The van der Waals surface area contributed by atoms with Gasteiger partial charge in [0.2, 0.25) is 5.91 Å². The lowest BCUT2D eigenvalue weighted by molar-refractivity contribution is -0.141. The largest absolute Gasteiger partial charge is 0.378 e. The molecule has 6 heteroatoms. The van der Waals surface area contributed by atoms with Crippen LogP contribution in [-0.4, -0.2) is 65.6 Å². The van der Waals surface area contributed by atoms with E-state index in [1.807, 2.05) is 41.8 Å². The molecule has 0 radical (unpaired) electrons. The van der Waals surface area contributed by atoms with E-state index in [9.17, 15) is 9.59 Å². The Hall–Kier alpha value is -2.60. The van der Waals surface area contributed by atoms with E-state index in [0.717, 1.165) is 35.5 Å². The quantitative estimate of drug-likeness (QED) is 0.783. The van der Waals surface area contributed by atoms with E-state index < -0.39 is 0 Å². The SMILES string of the molecule is Cc1ccccc1-n1c(C)cc(C(=O)N2CCC(C(=O)N3CCOCC3)CC2)c1C. The summed E-state index contributed by atoms with van der Waals surface area (Å²) in [5, 5.41) is 0. The molecule has 0 aliphatic carbocycles.